The summed E-state index contributed by atoms with van der Waals surface area (Å²) >= 11 is 0. The molecule has 2 N–H and O–H groups in total. The van der Waals surface area contributed by atoms with Crippen LogP contribution in [0, 0.1) is 5.82 Å². The van der Waals surface area contributed by atoms with Gasteiger partial charge in [-0.1, -0.05) is 31.4 Å². The van der Waals surface area contributed by atoms with Crippen LogP contribution in [0.5, 0.6) is 0 Å². The highest BCUT2D eigenvalue weighted by atomic mass is 19.1. The summed E-state index contributed by atoms with van der Waals surface area (Å²) in [6.45, 7) is 2.37. The lowest BCUT2D eigenvalue weighted by molar-refractivity contribution is -0.145. The van der Waals surface area contributed by atoms with E-state index in [2.05, 4.69) is 10.7 Å². The second-order valence-corrected chi connectivity index (χ2v) is 8.14. The van der Waals surface area contributed by atoms with Gasteiger partial charge >= 0.3 is 12.0 Å². The van der Waals surface area contributed by atoms with Gasteiger partial charge in [-0.15, -0.1) is 0 Å². The predicted molar refractivity (Wildman–Crippen MR) is 112 cm³/mol. The minimum atomic E-state index is -0.916. The summed E-state index contributed by atoms with van der Waals surface area (Å²) in [7, 11) is 0. The van der Waals surface area contributed by atoms with Gasteiger partial charge in [0.1, 0.15) is 11.4 Å². The number of benzene rings is 1. The Bertz CT molecular complexity index is 854. The van der Waals surface area contributed by atoms with Gasteiger partial charge in [0.25, 0.3) is 5.91 Å². The first kappa shape index (κ1) is 23.6. The lowest BCUT2D eigenvalue weighted by Gasteiger charge is -2.30. The number of nitrogens with one attached hydrogen (secondary N) is 2. The number of hydrogen-bond acceptors (Lipinski definition) is 6. The van der Waals surface area contributed by atoms with Crippen molar-refractivity contribution in [2.24, 2.45) is 0 Å². The summed E-state index contributed by atoms with van der Waals surface area (Å²) < 4.78 is 18.2. The van der Waals surface area contributed by atoms with Gasteiger partial charge in [-0.2, -0.15) is 5.01 Å². The average molecular weight is 448 g/mol. The number of nitrogens with zero attached hydrogens (tertiary/aromatic N) is 2. The van der Waals surface area contributed by atoms with E-state index in [9.17, 15) is 23.6 Å². The van der Waals surface area contributed by atoms with E-state index in [-0.39, 0.29) is 31.9 Å². The van der Waals surface area contributed by atoms with Crippen molar-refractivity contribution in [1.29, 1.82) is 0 Å². The Labute approximate surface area is 186 Å². The zero-order valence-corrected chi connectivity index (χ0v) is 18.2. The lowest BCUT2D eigenvalue weighted by Crippen LogP contribution is -2.51. The summed E-state index contributed by atoms with van der Waals surface area (Å²) in [5, 5.41) is 3.50. The molecule has 1 saturated heterocycles. The molecule has 0 atom stereocenters. The van der Waals surface area contributed by atoms with Crippen LogP contribution >= 0.6 is 0 Å². The summed E-state index contributed by atoms with van der Waals surface area (Å²) in [5.74, 6) is -1.75. The van der Waals surface area contributed by atoms with Crippen molar-refractivity contribution in [3.8, 4) is 0 Å². The van der Waals surface area contributed by atoms with Crippen molar-refractivity contribution in [3.63, 3.8) is 0 Å². The zero-order valence-electron chi connectivity index (χ0n) is 18.2. The quantitative estimate of drug-likeness (QED) is 0.441. The maximum atomic E-state index is 13.2. The monoisotopic (exact) mass is 448 g/mol. The Balaban J connectivity index is 1.57. The number of carbonyl (C=O) groups is 4. The van der Waals surface area contributed by atoms with E-state index in [1.807, 2.05) is 0 Å². The van der Waals surface area contributed by atoms with Gasteiger partial charge in [-0.05, 0) is 37.5 Å². The van der Waals surface area contributed by atoms with Crippen LogP contribution in [0.4, 0.5) is 9.18 Å². The first-order valence-corrected chi connectivity index (χ1v) is 10.9. The number of hydrazine groups is 1. The molecule has 0 unspecified atom stereocenters. The van der Waals surface area contributed by atoms with Crippen molar-refractivity contribution in [3.05, 3.63) is 35.6 Å². The van der Waals surface area contributed by atoms with Crippen LogP contribution in [0.25, 0.3) is 0 Å². The molecule has 1 aromatic rings. The van der Waals surface area contributed by atoms with E-state index in [4.69, 9.17) is 4.74 Å². The molecule has 0 radical (unpaired) electrons. The van der Waals surface area contributed by atoms with Gasteiger partial charge in [-0.3, -0.25) is 24.7 Å². The van der Waals surface area contributed by atoms with E-state index in [0.717, 1.165) is 29.8 Å². The van der Waals surface area contributed by atoms with Crippen LogP contribution in [0.3, 0.4) is 0 Å². The number of ether oxygens (including phenoxy) is 1. The molecular weight excluding hydrogens is 419 g/mol. The molecule has 4 amide bonds. The van der Waals surface area contributed by atoms with Gasteiger partial charge in [0.15, 0.2) is 0 Å². The number of hydrogen-bond donors (Lipinski definition) is 2. The summed E-state index contributed by atoms with van der Waals surface area (Å²) in [4.78, 5) is 51.2. The van der Waals surface area contributed by atoms with Crippen LogP contribution in [0.1, 0.15) is 51.0 Å². The molecule has 0 bridgehead atoms. The minimum Gasteiger partial charge on any atom is -0.465 e. The van der Waals surface area contributed by atoms with E-state index >= 15 is 0 Å². The molecule has 174 valence electrons. The molecule has 9 nitrogen and oxygen atoms in total. The van der Waals surface area contributed by atoms with E-state index in [1.54, 1.807) is 24.0 Å². The number of carbonyl (C=O) groups excluding carboxylic acids is 4. The van der Waals surface area contributed by atoms with E-state index in [0.29, 0.717) is 19.4 Å². The fourth-order valence-corrected chi connectivity index (χ4v) is 4.11. The summed E-state index contributed by atoms with van der Waals surface area (Å²) in [6.07, 6.45) is 3.79. The van der Waals surface area contributed by atoms with Gasteiger partial charge in [-0.25, -0.2) is 9.18 Å². The molecule has 1 heterocycles. The Morgan fingerprint density at radius 3 is 2.53 bits per heavy atom. The maximum Gasteiger partial charge on any atom is 0.344 e. The molecule has 1 saturated carbocycles. The average Bonchev–Trinajstić information content (AvgIpc) is 2.98. The fraction of sp³-hybridized carbons (Fsp3) is 0.545. The highest BCUT2D eigenvalue weighted by Gasteiger charge is 2.52. The Morgan fingerprint density at radius 2 is 1.88 bits per heavy atom. The third-order valence-corrected chi connectivity index (χ3v) is 5.74. The van der Waals surface area contributed by atoms with Crippen molar-refractivity contribution in [2.75, 3.05) is 19.7 Å². The molecule has 2 fully saturated rings. The number of halogens is 1. The Kier molecular flexibility index (Phi) is 7.79. The molecule has 1 aliphatic heterocycles. The molecule has 1 aliphatic carbocycles. The SMILES string of the molecule is CCOC(=O)CN(CCC(=O)NN1C(=O)NC2(CCCCC2)C1=O)Cc1ccc(F)cc1. The standard InChI is InChI=1S/C22H29FN4O5/c1-2-32-19(29)15-26(14-16-6-8-17(23)9-7-16)13-10-18(28)25-27-20(30)22(24-21(27)31)11-4-3-5-12-22/h6-9H,2-5,10-15H2,1H3,(H,24,31)(H,25,28). The molecular formula is C22H29FN4O5. The number of urea groups is 1. The van der Waals surface area contributed by atoms with Gasteiger partial charge < -0.3 is 10.1 Å². The molecule has 10 heteroatoms. The van der Waals surface area contributed by atoms with Crippen molar-refractivity contribution in [2.45, 2.75) is 57.5 Å². The Morgan fingerprint density at radius 1 is 1.19 bits per heavy atom. The van der Waals surface area contributed by atoms with Crippen LogP contribution in [-0.2, 0) is 25.7 Å². The summed E-state index contributed by atoms with van der Waals surface area (Å²) in [5.41, 5.74) is 2.25. The largest absolute Gasteiger partial charge is 0.465 e. The van der Waals surface area contributed by atoms with Crippen LogP contribution in [-0.4, -0.2) is 59.0 Å². The highest BCUT2D eigenvalue weighted by Crippen LogP contribution is 2.33. The van der Waals surface area contributed by atoms with E-state index in [1.165, 1.54) is 12.1 Å². The predicted octanol–water partition coefficient (Wildman–Crippen LogP) is 1.87. The number of imide groups is 1. The van der Waals surface area contributed by atoms with Gasteiger partial charge in [0.05, 0.1) is 13.2 Å². The minimum absolute atomic E-state index is 0.0509. The molecule has 2 aliphatic rings. The first-order chi connectivity index (χ1) is 15.3. The normalized spacial score (nSPS) is 17.5. The lowest BCUT2D eigenvalue weighted by atomic mass is 9.82. The fourth-order valence-electron chi connectivity index (χ4n) is 4.11. The number of esters is 1. The van der Waals surface area contributed by atoms with Crippen molar-refractivity contribution >= 4 is 23.8 Å². The van der Waals surface area contributed by atoms with Gasteiger partial charge in [0.2, 0.25) is 5.91 Å². The number of rotatable bonds is 9. The van der Waals surface area contributed by atoms with Crippen LogP contribution < -0.4 is 10.7 Å². The third-order valence-electron chi connectivity index (χ3n) is 5.74. The molecule has 3 rings (SSSR count). The number of amides is 4. The highest BCUT2D eigenvalue weighted by molar-refractivity contribution is 6.08. The van der Waals surface area contributed by atoms with E-state index < -0.39 is 29.4 Å². The second kappa shape index (κ2) is 10.5. The summed E-state index contributed by atoms with van der Waals surface area (Å²) in [6, 6.07) is 5.22. The molecule has 32 heavy (non-hydrogen) atoms. The topological polar surface area (TPSA) is 108 Å². The first-order valence-electron chi connectivity index (χ1n) is 10.9. The smallest absolute Gasteiger partial charge is 0.344 e. The molecule has 1 spiro atoms. The molecule has 1 aromatic carbocycles. The zero-order chi connectivity index (χ0) is 23.1. The van der Waals surface area contributed by atoms with Gasteiger partial charge in [0, 0.05) is 19.5 Å². The molecule has 0 aromatic heterocycles. The third kappa shape index (κ3) is 5.82. The second-order valence-electron chi connectivity index (χ2n) is 8.14. The van der Waals surface area contributed by atoms with Crippen LogP contribution in [0.15, 0.2) is 24.3 Å². The maximum absolute atomic E-state index is 13.2. The van der Waals surface area contributed by atoms with Crippen LogP contribution in [0.2, 0.25) is 0 Å². The van der Waals surface area contributed by atoms with Crippen molar-refractivity contribution < 1.29 is 28.3 Å². The Hall–Kier alpha value is -3.01. The van der Waals surface area contributed by atoms with Crippen molar-refractivity contribution in [1.82, 2.24) is 20.7 Å².